The Balaban J connectivity index is 1.89. The zero-order chi connectivity index (χ0) is 19.6. The zero-order valence-electron chi connectivity index (χ0n) is 14.5. The van der Waals surface area contributed by atoms with Crippen molar-refractivity contribution in [3.63, 3.8) is 0 Å². The first-order valence-electron chi connectivity index (χ1n) is 8.49. The van der Waals surface area contributed by atoms with Crippen molar-refractivity contribution in [2.75, 3.05) is 11.4 Å². The van der Waals surface area contributed by atoms with Gasteiger partial charge >= 0.3 is 0 Å². The first kappa shape index (κ1) is 18.2. The molecule has 0 amide bonds. The number of anilines is 1. The van der Waals surface area contributed by atoms with Gasteiger partial charge in [-0.05, 0) is 25.5 Å². The standard InChI is InChI=1S/C17H19F2N5O2S/c1-9-13(25)8-24(9)16-22-14(12-5-6-17(18,19)15(12)23-16)10-3-2-4-11(7-10)27(20,21)26/h2-4,7,9,13,25H,5-6,8H2,1H3,(H3,20,21,26)/t9-,13+/m0/s1. The maximum Gasteiger partial charge on any atom is 0.290 e. The van der Waals surface area contributed by atoms with E-state index in [1.807, 2.05) is 0 Å². The Morgan fingerprint density at radius 1 is 1.41 bits per heavy atom. The number of aromatic nitrogens is 2. The molecule has 0 spiro atoms. The number of nitrogens with one attached hydrogen (secondary N) is 1. The van der Waals surface area contributed by atoms with Crippen LogP contribution in [0.15, 0.2) is 29.2 Å². The molecule has 3 atom stereocenters. The van der Waals surface area contributed by atoms with E-state index < -0.39 is 21.9 Å². The van der Waals surface area contributed by atoms with Crippen LogP contribution in [-0.4, -0.2) is 38.0 Å². The summed E-state index contributed by atoms with van der Waals surface area (Å²) >= 11 is 0. The van der Waals surface area contributed by atoms with Gasteiger partial charge in [0, 0.05) is 24.1 Å². The highest BCUT2D eigenvalue weighted by Crippen LogP contribution is 2.45. The lowest BCUT2D eigenvalue weighted by molar-refractivity contribution is -0.00603. The molecule has 2 aromatic rings. The number of benzene rings is 1. The number of hydrogen-bond acceptors (Lipinski definition) is 6. The molecule has 144 valence electrons. The molecule has 7 nitrogen and oxygen atoms in total. The van der Waals surface area contributed by atoms with Crippen molar-refractivity contribution in [3.05, 3.63) is 35.5 Å². The van der Waals surface area contributed by atoms with E-state index in [9.17, 15) is 18.1 Å². The highest BCUT2D eigenvalue weighted by molar-refractivity contribution is 7.90. The van der Waals surface area contributed by atoms with Crippen molar-refractivity contribution in [2.24, 2.45) is 5.14 Å². The number of halogens is 2. The Morgan fingerprint density at radius 3 is 2.78 bits per heavy atom. The number of rotatable bonds is 3. The second kappa shape index (κ2) is 5.91. The van der Waals surface area contributed by atoms with Crippen LogP contribution in [0, 0.1) is 4.78 Å². The van der Waals surface area contributed by atoms with Crippen LogP contribution in [0.4, 0.5) is 14.7 Å². The minimum Gasteiger partial charge on any atom is -0.389 e. The van der Waals surface area contributed by atoms with Gasteiger partial charge in [-0.1, -0.05) is 12.1 Å². The van der Waals surface area contributed by atoms with Crippen LogP contribution in [0.25, 0.3) is 11.3 Å². The average molecular weight is 395 g/mol. The minimum atomic E-state index is -3.44. The second-order valence-corrected chi connectivity index (χ2v) is 8.67. The minimum absolute atomic E-state index is 0.103. The van der Waals surface area contributed by atoms with Gasteiger partial charge < -0.3 is 10.0 Å². The van der Waals surface area contributed by atoms with Crippen LogP contribution in [0.5, 0.6) is 0 Å². The van der Waals surface area contributed by atoms with Gasteiger partial charge in [-0.25, -0.2) is 24.1 Å². The average Bonchev–Trinajstić information content (AvgIpc) is 2.93. The molecule has 4 N–H and O–H groups in total. The van der Waals surface area contributed by atoms with E-state index in [0.717, 1.165) is 0 Å². The van der Waals surface area contributed by atoms with E-state index >= 15 is 0 Å². The van der Waals surface area contributed by atoms with Gasteiger partial charge in [0.25, 0.3) is 5.92 Å². The van der Waals surface area contributed by atoms with Gasteiger partial charge in [0.15, 0.2) is 0 Å². The van der Waals surface area contributed by atoms with E-state index in [-0.39, 0.29) is 42.0 Å². The largest absolute Gasteiger partial charge is 0.389 e. The number of hydrogen-bond donors (Lipinski definition) is 3. The molecule has 2 aliphatic rings. The molecule has 0 saturated carbocycles. The monoisotopic (exact) mass is 395 g/mol. The second-order valence-electron chi connectivity index (χ2n) is 6.99. The van der Waals surface area contributed by atoms with Crippen molar-refractivity contribution in [1.29, 1.82) is 4.78 Å². The fourth-order valence-electron chi connectivity index (χ4n) is 3.46. The smallest absolute Gasteiger partial charge is 0.290 e. The number of aliphatic hydroxyl groups excluding tert-OH is 1. The molecule has 1 aliphatic heterocycles. The SMILES string of the molecule is C[C@H]1[C@H](O)CN1c1nc(-c2cccc(S(=N)(N)=O)c2)c2c(n1)C(F)(F)CC2. The van der Waals surface area contributed by atoms with Gasteiger partial charge in [0.1, 0.15) is 15.6 Å². The van der Waals surface area contributed by atoms with Gasteiger partial charge in [-0.2, -0.15) is 8.78 Å². The summed E-state index contributed by atoms with van der Waals surface area (Å²) in [4.78, 5) is 10.4. The molecule has 1 aromatic heterocycles. The Kier molecular flexibility index (Phi) is 3.99. The van der Waals surface area contributed by atoms with Gasteiger partial charge in [-0.15, -0.1) is 0 Å². The fraction of sp³-hybridized carbons (Fsp3) is 0.412. The Hall–Kier alpha value is -2.17. The van der Waals surface area contributed by atoms with Crippen molar-refractivity contribution in [3.8, 4) is 11.3 Å². The lowest BCUT2D eigenvalue weighted by Gasteiger charge is -2.43. The number of aliphatic hydroxyl groups is 1. The van der Waals surface area contributed by atoms with Crippen LogP contribution in [0.2, 0.25) is 0 Å². The summed E-state index contributed by atoms with van der Waals surface area (Å²) in [6.07, 6.45) is -0.782. The molecule has 1 aliphatic carbocycles. The number of fused-ring (bicyclic) bond motifs is 1. The quantitative estimate of drug-likeness (QED) is 0.735. The van der Waals surface area contributed by atoms with Crippen LogP contribution in [-0.2, 0) is 22.3 Å². The predicted molar refractivity (Wildman–Crippen MR) is 95.8 cm³/mol. The van der Waals surface area contributed by atoms with E-state index in [2.05, 4.69) is 9.97 Å². The van der Waals surface area contributed by atoms with E-state index in [1.165, 1.54) is 12.1 Å². The third kappa shape index (κ3) is 2.97. The zero-order valence-corrected chi connectivity index (χ0v) is 15.3. The third-order valence-corrected chi connectivity index (χ3v) is 6.13. The molecule has 0 bridgehead atoms. The first-order chi connectivity index (χ1) is 12.6. The van der Waals surface area contributed by atoms with Crippen LogP contribution >= 0.6 is 0 Å². The molecule has 27 heavy (non-hydrogen) atoms. The molecule has 4 rings (SSSR count). The molecule has 1 aromatic carbocycles. The number of nitrogens with zero attached hydrogens (tertiary/aromatic N) is 3. The van der Waals surface area contributed by atoms with Crippen LogP contribution in [0.3, 0.4) is 0 Å². The number of β-amino-alcohol motifs (C(OH)–C–C–N with tert-alkyl or cyclic N) is 1. The summed E-state index contributed by atoms with van der Waals surface area (Å²) < 4.78 is 48.2. The van der Waals surface area contributed by atoms with E-state index in [1.54, 1.807) is 24.0 Å². The molecular formula is C17H19F2N5O2S. The van der Waals surface area contributed by atoms with Gasteiger partial charge in [0.05, 0.1) is 22.7 Å². The van der Waals surface area contributed by atoms with E-state index in [0.29, 0.717) is 16.8 Å². The lowest BCUT2D eigenvalue weighted by atomic mass is 10.0. The molecule has 1 fully saturated rings. The van der Waals surface area contributed by atoms with Crippen molar-refractivity contribution in [2.45, 2.75) is 42.7 Å². The maximum absolute atomic E-state index is 14.4. The van der Waals surface area contributed by atoms with Crippen LogP contribution in [0.1, 0.15) is 24.6 Å². The Labute approximate surface area is 155 Å². The number of alkyl halides is 2. The molecule has 10 heteroatoms. The topological polar surface area (TPSA) is 116 Å². The Morgan fingerprint density at radius 2 is 2.15 bits per heavy atom. The molecular weight excluding hydrogens is 376 g/mol. The summed E-state index contributed by atoms with van der Waals surface area (Å²) in [5.41, 5.74) is 0.833. The van der Waals surface area contributed by atoms with Crippen molar-refractivity contribution in [1.82, 2.24) is 9.97 Å². The molecule has 1 unspecified atom stereocenters. The fourth-order valence-corrected chi connectivity index (χ4v) is 4.05. The summed E-state index contributed by atoms with van der Waals surface area (Å²) in [5.74, 6) is -2.92. The predicted octanol–water partition coefficient (Wildman–Crippen LogP) is 2.03. The summed E-state index contributed by atoms with van der Waals surface area (Å²) in [7, 11) is -3.44. The van der Waals surface area contributed by atoms with E-state index in [4.69, 9.17) is 9.92 Å². The maximum atomic E-state index is 14.4. The van der Waals surface area contributed by atoms with Gasteiger partial charge in [0.2, 0.25) is 5.95 Å². The summed E-state index contributed by atoms with van der Waals surface area (Å²) in [5, 5.41) is 15.2. The lowest BCUT2D eigenvalue weighted by Crippen LogP contribution is -2.59. The van der Waals surface area contributed by atoms with Gasteiger partial charge in [-0.3, -0.25) is 0 Å². The number of nitrogens with two attached hydrogens (primary N) is 1. The molecule has 1 saturated heterocycles. The summed E-state index contributed by atoms with van der Waals surface area (Å²) in [6.45, 7) is 2.04. The molecule has 0 radical (unpaired) electrons. The Bertz CT molecular complexity index is 1030. The molecule has 2 heterocycles. The third-order valence-electron chi connectivity index (χ3n) is 5.18. The highest BCUT2D eigenvalue weighted by Gasteiger charge is 2.45. The summed E-state index contributed by atoms with van der Waals surface area (Å²) in [6, 6.07) is 5.87. The highest BCUT2D eigenvalue weighted by atomic mass is 32.2. The van der Waals surface area contributed by atoms with Crippen molar-refractivity contribution < 1.29 is 18.1 Å². The normalized spacial score (nSPS) is 25.6. The van der Waals surface area contributed by atoms with Crippen LogP contribution < -0.4 is 10.0 Å². The van der Waals surface area contributed by atoms with Crippen molar-refractivity contribution >= 4 is 15.9 Å². The first-order valence-corrected chi connectivity index (χ1v) is 10.1.